The normalized spacial score (nSPS) is 23.6. The first-order valence-electron chi connectivity index (χ1n) is 8.35. The van der Waals surface area contributed by atoms with Crippen LogP contribution < -0.4 is 0 Å². The van der Waals surface area contributed by atoms with Gasteiger partial charge >= 0.3 is 0 Å². The van der Waals surface area contributed by atoms with Gasteiger partial charge in [0, 0.05) is 17.2 Å². The predicted molar refractivity (Wildman–Crippen MR) is 88.2 cm³/mol. The average molecular weight is 285 g/mol. The second-order valence-corrected chi connectivity index (χ2v) is 7.78. The van der Waals surface area contributed by atoms with Crippen LogP contribution in [0.3, 0.4) is 0 Å². The Bertz CT molecular complexity index is 547. The molecule has 1 N–H and O–H groups in total. The number of benzene rings is 1. The number of hydrogen-bond donors (Lipinski definition) is 1. The van der Waals surface area contributed by atoms with E-state index in [1.807, 2.05) is 12.1 Å². The van der Waals surface area contributed by atoms with Gasteiger partial charge in [-0.15, -0.1) is 0 Å². The molecule has 0 aromatic heterocycles. The van der Waals surface area contributed by atoms with Gasteiger partial charge in [0.15, 0.2) is 0 Å². The molecule has 21 heavy (non-hydrogen) atoms. The Morgan fingerprint density at radius 2 is 1.81 bits per heavy atom. The van der Waals surface area contributed by atoms with E-state index in [1.54, 1.807) is 0 Å². The van der Waals surface area contributed by atoms with E-state index in [1.165, 1.54) is 48.9 Å². The van der Waals surface area contributed by atoms with E-state index in [-0.39, 0.29) is 5.41 Å². The molecular weight excluding hydrogens is 258 g/mol. The summed E-state index contributed by atoms with van der Waals surface area (Å²) in [6, 6.07) is 6.21. The van der Waals surface area contributed by atoms with Crippen molar-refractivity contribution in [2.75, 3.05) is 0 Å². The van der Waals surface area contributed by atoms with Gasteiger partial charge in [0.2, 0.25) is 0 Å². The summed E-state index contributed by atoms with van der Waals surface area (Å²) >= 11 is 0. The summed E-state index contributed by atoms with van der Waals surface area (Å²) in [6.07, 6.45) is 7.50. The Kier molecular flexibility index (Phi) is 3.81. The third-order valence-corrected chi connectivity index (χ3v) is 5.07. The Balaban J connectivity index is 2.02. The van der Waals surface area contributed by atoms with Crippen LogP contribution in [0, 0.1) is 11.3 Å². The standard InChI is InChI=1S/C19H27NO/c1-19(2,3)17-11-14-9-10-15(21)12-16(14)18(20-17)13-7-5-4-6-8-13/h9-10,12-13,17,21H,4-8,11H2,1-3H3. The van der Waals surface area contributed by atoms with Crippen molar-refractivity contribution >= 4 is 5.71 Å². The topological polar surface area (TPSA) is 32.6 Å². The summed E-state index contributed by atoms with van der Waals surface area (Å²) < 4.78 is 0. The molecule has 114 valence electrons. The van der Waals surface area contributed by atoms with Crippen LogP contribution in [-0.2, 0) is 6.42 Å². The van der Waals surface area contributed by atoms with Gasteiger partial charge in [0.25, 0.3) is 0 Å². The number of fused-ring (bicyclic) bond motifs is 1. The van der Waals surface area contributed by atoms with E-state index in [4.69, 9.17) is 4.99 Å². The van der Waals surface area contributed by atoms with Crippen LogP contribution in [0.15, 0.2) is 23.2 Å². The molecule has 3 rings (SSSR count). The largest absolute Gasteiger partial charge is 0.508 e. The number of phenolic OH excluding ortho intramolecular Hbond substituents is 1. The molecule has 1 atom stereocenters. The number of aliphatic imine (C=N–C) groups is 1. The first-order chi connectivity index (χ1) is 9.95. The molecule has 1 aliphatic carbocycles. The van der Waals surface area contributed by atoms with E-state index in [0.717, 1.165) is 6.42 Å². The zero-order valence-corrected chi connectivity index (χ0v) is 13.5. The number of phenols is 1. The molecule has 1 heterocycles. The van der Waals surface area contributed by atoms with Gasteiger partial charge in [0.1, 0.15) is 5.75 Å². The minimum atomic E-state index is 0.190. The highest BCUT2D eigenvalue weighted by Gasteiger charge is 2.33. The van der Waals surface area contributed by atoms with Crippen molar-refractivity contribution in [2.45, 2.75) is 65.3 Å². The molecule has 1 saturated carbocycles. The highest BCUT2D eigenvalue weighted by molar-refractivity contribution is 6.04. The predicted octanol–water partition coefficient (Wildman–Crippen LogP) is 4.73. The molecular formula is C19H27NO. The Morgan fingerprint density at radius 1 is 1.10 bits per heavy atom. The summed E-state index contributed by atoms with van der Waals surface area (Å²) in [5, 5.41) is 9.88. The minimum absolute atomic E-state index is 0.190. The lowest BCUT2D eigenvalue weighted by Gasteiger charge is -2.35. The van der Waals surface area contributed by atoms with Crippen molar-refractivity contribution in [3.63, 3.8) is 0 Å². The van der Waals surface area contributed by atoms with Gasteiger partial charge in [-0.05, 0) is 42.4 Å². The molecule has 1 aliphatic heterocycles. The average Bonchev–Trinajstić information content (AvgIpc) is 2.46. The van der Waals surface area contributed by atoms with Crippen LogP contribution in [0.4, 0.5) is 0 Å². The fraction of sp³-hybridized carbons (Fsp3) is 0.632. The summed E-state index contributed by atoms with van der Waals surface area (Å²) in [5.41, 5.74) is 4.03. The third-order valence-electron chi connectivity index (χ3n) is 5.07. The molecule has 2 nitrogen and oxygen atoms in total. The molecule has 0 amide bonds. The molecule has 1 aromatic carbocycles. The van der Waals surface area contributed by atoms with E-state index < -0.39 is 0 Å². The van der Waals surface area contributed by atoms with Gasteiger partial charge in [-0.2, -0.15) is 0 Å². The fourth-order valence-electron chi connectivity index (χ4n) is 3.67. The van der Waals surface area contributed by atoms with Crippen molar-refractivity contribution in [3.8, 4) is 5.75 Å². The quantitative estimate of drug-likeness (QED) is 0.794. The Labute approximate surface area is 128 Å². The molecule has 0 bridgehead atoms. The number of rotatable bonds is 1. The molecule has 0 radical (unpaired) electrons. The fourth-order valence-corrected chi connectivity index (χ4v) is 3.67. The second kappa shape index (κ2) is 5.47. The number of aromatic hydroxyl groups is 1. The summed E-state index contributed by atoms with van der Waals surface area (Å²) in [6.45, 7) is 6.85. The van der Waals surface area contributed by atoms with Crippen molar-refractivity contribution in [2.24, 2.45) is 16.3 Å². The van der Waals surface area contributed by atoms with Crippen molar-refractivity contribution in [1.29, 1.82) is 0 Å². The lowest BCUT2D eigenvalue weighted by molar-refractivity contribution is 0.315. The molecule has 1 fully saturated rings. The SMILES string of the molecule is CC(C)(C)C1Cc2ccc(O)cc2C(C2CCCCC2)=N1. The van der Waals surface area contributed by atoms with Gasteiger partial charge in [-0.3, -0.25) is 4.99 Å². The van der Waals surface area contributed by atoms with E-state index in [2.05, 4.69) is 26.8 Å². The Morgan fingerprint density at radius 3 is 2.48 bits per heavy atom. The van der Waals surface area contributed by atoms with Crippen LogP contribution in [0.2, 0.25) is 0 Å². The van der Waals surface area contributed by atoms with Gasteiger partial charge < -0.3 is 5.11 Å². The first kappa shape index (κ1) is 14.6. The number of hydrogen-bond acceptors (Lipinski definition) is 2. The van der Waals surface area contributed by atoms with Crippen LogP contribution in [0.5, 0.6) is 5.75 Å². The summed E-state index contributed by atoms with van der Waals surface area (Å²) in [4.78, 5) is 5.16. The maximum atomic E-state index is 9.88. The van der Waals surface area contributed by atoms with Crippen LogP contribution in [0.25, 0.3) is 0 Å². The zero-order valence-electron chi connectivity index (χ0n) is 13.5. The highest BCUT2D eigenvalue weighted by Crippen LogP contribution is 2.37. The summed E-state index contributed by atoms with van der Waals surface area (Å²) in [7, 11) is 0. The van der Waals surface area contributed by atoms with Crippen LogP contribution in [0.1, 0.15) is 64.0 Å². The maximum Gasteiger partial charge on any atom is 0.116 e. The lowest BCUT2D eigenvalue weighted by Crippen LogP contribution is -2.34. The van der Waals surface area contributed by atoms with Crippen LogP contribution >= 0.6 is 0 Å². The van der Waals surface area contributed by atoms with Crippen LogP contribution in [-0.4, -0.2) is 16.9 Å². The van der Waals surface area contributed by atoms with E-state index in [0.29, 0.717) is 17.7 Å². The van der Waals surface area contributed by atoms with Crippen molar-refractivity contribution in [3.05, 3.63) is 29.3 Å². The van der Waals surface area contributed by atoms with Crippen molar-refractivity contribution < 1.29 is 5.11 Å². The van der Waals surface area contributed by atoms with Gasteiger partial charge in [-0.1, -0.05) is 46.1 Å². The molecule has 0 spiro atoms. The molecule has 0 saturated heterocycles. The summed E-state index contributed by atoms with van der Waals surface area (Å²) in [5.74, 6) is 0.955. The smallest absolute Gasteiger partial charge is 0.116 e. The molecule has 2 heteroatoms. The monoisotopic (exact) mass is 285 g/mol. The van der Waals surface area contributed by atoms with E-state index >= 15 is 0 Å². The maximum absolute atomic E-state index is 9.88. The molecule has 2 aliphatic rings. The second-order valence-electron chi connectivity index (χ2n) is 7.78. The highest BCUT2D eigenvalue weighted by atomic mass is 16.3. The van der Waals surface area contributed by atoms with Gasteiger partial charge in [0.05, 0.1) is 6.04 Å². The minimum Gasteiger partial charge on any atom is -0.508 e. The Hall–Kier alpha value is -1.31. The third kappa shape index (κ3) is 3.00. The first-order valence-corrected chi connectivity index (χ1v) is 8.35. The van der Waals surface area contributed by atoms with Crippen molar-refractivity contribution in [1.82, 2.24) is 0 Å². The molecule has 1 aromatic rings. The molecule has 1 unspecified atom stereocenters. The zero-order chi connectivity index (χ0) is 15.0. The van der Waals surface area contributed by atoms with E-state index in [9.17, 15) is 5.11 Å². The number of nitrogens with zero attached hydrogens (tertiary/aromatic N) is 1. The van der Waals surface area contributed by atoms with Gasteiger partial charge in [-0.25, -0.2) is 0 Å². The lowest BCUT2D eigenvalue weighted by atomic mass is 9.76.